The fraction of sp³-hybridized carbons (Fsp3) is 0.394. The fourth-order valence-electron chi connectivity index (χ4n) is 6.22. The van der Waals surface area contributed by atoms with Crippen LogP contribution in [0.4, 0.5) is 10.1 Å². The van der Waals surface area contributed by atoms with Gasteiger partial charge in [0.25, 0.3) is 5.91 Å². The highest BCUT2D eigenvalue weighted by molar-refractivity contribution is 6.02. The van der Waals surface area contributed by atoms with Crippen molar-refractivity contribution >= 4 is 33.3 Å². The molecule has 0 saturated carbocycles. The summed E-state index contributed by atoms with van der Waals surface area (Å²) in [5, 5.41) is 17.2. The third kappa shape index (κ3) is 5.34. The molecule has 4 aromatic rings. The van der Waals surface area contributed by atoms with E-state index in [2.05, 4.69) is 22.6 Å². The zero-order valence-corrected chi connectivity index (χ0v) is 23.9. The lowest BCUT2D eigenvalue weighted by Crippen LogP contribution is -2.34. The van der Waals surface area contributed by atoms with Gasteiger partial charge in [0.2, 0.25) is 5.43 Å². The highest BCUT2D eigenvalue weighted by Gasteiger charge is 2.29. The van der Waals surface area contributed by atoms with Gasteiger partial charge in [-0.25, -0.2) is 4.39 Å². The second kappa shape index (κ2) is 12.1. The molecule has 6 rings (SSSR count). The number of aliphatic hydroxyl groups is 1. The molecule has 1 saturated heterocycles. The Kier molecular flexibility index (Phi) is 8.13. The molecule has 8 nitrogen and oxygen atoms in total. The van der Waals surface area contributed by atoms with Crippen LogP contribution in [-0.4, -0.2) is 59.8 Å². The number of anilines is 1. The summed E-state index contributed by atoms with van der Waals surface area (Å²) in [6, 6.07) is 13.4. The maximum Gasteiger partial charge on any atom is 0.256 e. The minimum Gasteiger partial charge on any atom is -0.451 e. The minimum absolute atomic E-state index is 0.0294. The van der Waals surface area contributed by atoms with Crippen molar-refractivity contribution < 1.29 is 19.0 Å². The lowest BCUT2D eigenvalue weighted by molar-refractivity contribution is 0.0949. The number of rotatable bonds is 11. The summed E-state index contributed by atoms with van der Waals surface area (Å²) in [4.78, 5) is 29.4. The number of likely N-dealkylation sites (tertiary alicyclic amines) is 1. The lowest BCUT2D eigenvalue weighted by Gasteiger charge is -2.27. The molecule has 0 radical (unpaired) electrons. The van der Waals surface area contributed by atoms with E-state index in [0.29, 0.717) is 36.1 Å². The number of hydrogen-bond donors (Lipinski definition) is 3. The van der Waals surface area contributed by atoms with Crippen molar-refractivity contribution in [1.29, 1.82) is 0 Å². The summed E-state index contributed by atoms with van der Waals surface area (Å²) in [5.41, 5.74) is 0.735. The van der Waals surface area contributed by atoms with Gasteiger partial charge in [0, 0.05) is 31.9 Å². The topological polar surface area (TPSA) is 95.8 Å². The van der Waals surface area contributed by atoms with Crippen LogP contribution in [0.5, 0.6) is 11.5 Å². The van der Waals surface area contributed by atoms with Crippen LogP contribution < -0.4 is 20.8 Å². The van der Waals surface area contributed by atoms with Crippen molar-refractivity contribution in [2.75, 3.05) is 38.6 Å². The van der Waals surface area contributed by atoms with Gasteiger partial charge in [0.05, 0.1) is 11.1 Å². The molecule has 2 aliphatic heterocycles. The number of aromatic nitrogens is 1. The van der Waals surface area contributed by atoms with Gasteiger partial charge in [-0.3, -0.25) is 9.59 Å². The average Bonchev–Trinajstić information content (AvgIpc) is 3.40. The van der Waals surface area contributed by atoms with Crippen molar-refractivity contribution in [1.82, 2.24) is 14.8 Å². The monoisotopic (exact) mass is 572 g/mol. The molecule has 42 heavy (non-hydrogen) atoms. The Morgan fingerprint density at radius 3 is 2.64 bits per heavy atom. The highest BCUT2D eigenvalue weighted by atomic mass is 19.1. The normalized spacial score (nSPS) is 16.0. The smallest absolute Gasteiger partial charge is 0.256 e. The number of ether oxygens (including phenoxy) is 1. The number of hydrogen-bond acceptors (Lipinski definition) is 6. The maximum atomic E-state index is 15.7. The summed E-state index contributed by atoms with van der Waals surface area (Å²) in [5.74, 6) is -0.329. The Hall–Kier alpha value is -3.95. The van der Waals surface area contributed by atoms with Gasteiger partial charge in [0.15, 0.2) is 17.3 Å². The first-order chi connectivity index (χ1) is 20.5. The first kappa shape index (κ1) is 28.2. The number of nitrogens with one attached hydrogen (secondary N) is 2. The zero-order valence-electron chi connectivity index (χ0n) is 23.9. The van der Waals surface area contributed by atoms with Crippen LogP contribution in [0, 0.1) is 5.82 Å². The van der Waals surface area contributed by atoms with E-state index in [4.69, 9.17) is 9.84 Å². The van der Waals surface area contributed by atoms with E-state index >= 15 is 4.39 Å². The molecule has 3 N–H and O–H groups in total. The van der Waals surface area contributed by atoms with Crippen LogP contribution in [0.1, 0.15) is 55.3 Å². The van der Waals surface area contributed by atoms with E-state index < -0.39 is 17.2 Å². The molecule has 2 aliphatic rings. The van der Waals surface area contributed by atoms with Crippen molar-refractivity contribution in [3.8, 4) is 17.2 Å². The third-order valence-electron chi connectivity index (χ3n) is 8.56. The van der Waals surface area contributed by atoms with Gasteiger partial charge in [-0.2, -0.15) is 0 Å². The molecule has 3 aromatic carbocycles. The van der Waals surface area contributed by atoms with E-state index in [1.165, 1.54) is 6.07 Å². The summed E-state index contributed by atoms with van der Waals surface area (Å²) in [6.45, 7) is 2.18. The summed E-state index contributed by atoms with van der Waals surface area (Å²) < 4.78 is 23.8. The number of aliphatic hydroxyl groups excluding tert-OH is 1. The van der Waals surface area contributed by atoms with Gasteiger partial charge < -0.3 is 29.9 Å². The number of amides is 1. The Bertz CT molecular complexity index is 1700. The summed E-state index contributed by atoms with van der Waals surface area (Å²) in [7, 11) is 2.09. The predicted octanol–water partition coefficient (Wildman–Crippen LogP) is 5.57. The summed E-state index contributed by atoms with van der Waals surface area (Å²) >= 11 is 0. The maximum absolute atomic E-state index is 15.7. The van der Waals surface area contributed by atoms with Crippen LogP contribution in [0.15, 0.2) is 53.5 Å². The molecule has 1 unspecified atom stereocenters. The van der Waals surface area contributed by atoms with Gasteiger partial charge in [0.1, 0.15) is 16.8 Å². The first-order valence-electron chi connectivity index (χ1n) is 14.9. The number of unbranched alkanes of at least 4 members (excludes halogenated alkanes) is 3. The van der Waals surface area contributed by atoms with Crippen LogP contribution in [-0.2, 0) is 0 Å². The molecule has 1 fully saturated rings. The average molecular weight is 573 g/mol. The molecule has 1 amide bonds. The van der Waals surface area contributed by atoms with Crippen LogP contribution in [0.3, 0.4) is 0 Å². The molecule has 0 bridgehead atoms. The molecular weight excluding hydrogens is 535 g/mol. The quantitative estimate of drug-likeness (QED) is 0.179. The molecule has 220 valence electrons. The number of fused-ring (bicyclic) bond motifs is 3. The number of carbonyl (C=O) groups excluding carboxylic acids is 1. The second-order valence-electron chi connectivity index (χ2n) is 11.4. The minimum atomic E-state index is -0.609. The van der Waals surface area contributed by atoms with E-state index in [0.717, 1.165) is 62.3 Å². The highest BCUT2D eigenvalue weighted by Crippen LogP contribution is 2.46. The van der Waals surface area contributed by atoms with Crippen molar-refractivity contribution in [2.45, 2.75) is 51.0 Å². The fourth-order valence-corrected chi connectivity index (χ4v) is 6.22. The third-order valence-corrected chi connectivity index (χ3v) is 8.56. The largest absolute Gasteiger partial charge is 0.451 e. The van der Waals surface area contributed by atoms with Gasteiger partial charge in [-0.1, -0.05) is 37.1 Å². The number of halogens is 1. The Morgan fingerprint density at radius 2 is 1.88 bits per heavy atom. The number of carbonyl (C=O) groups is 1. The zero-order chi connectivity index (χ0) is 29.2. The van der Waals surface area contributed by atoms with Gasteiger partial charge >= 0.3 is 0 Å². The molecule has 9 heteroatoms. The van der Waals surface area contributed by atoms with E-state index in [-0.39, 0.29) is 29.0 Å². The second-order valence-corrected chi connectivity index (χ2v) is 11.4. The Labute approximate surface area is 244 Å². The molecule has 1 atom stereocenters. The summed E-state index contributed by atoms with van der Waals surface area (Å²) in [6.07, 6.45) is 7.94. The molecule has 0 aliphatic carbocycles. The number of pyridine rings is 1. The lowest BCUT2D eigenvalue weighted by atomic mass is 10.0. The van der Waals surface area contributed by atoms with E-state index in [1.807, 2.05) is 36.4 Å². The van der Waals surface area contributed by atoms with Gasteiger partial charge in [-0.05, 0) is 74.7 Å². The Balaban J connectivity index is 1.40. The SMILES string of the molecule is CN1CCCC1CCNC(=O)c1cn2c3c(c(NCCCCCCO)c(F)cc3c1=O)Oc1cc3ccccc3cc1-2. The Morgan fingerprint density at radius 1 is 1.10 bits per heavy atom. The molecule has 0 spiro atoms. The molecule has 1 aromatic heterocycles. The number of nitrogens with zero attached hydrogens (tertiary/aromatic N) is 2. The molecule has 3 heterocycles. The predicted molar refractivity (Wildman–Crippen MR) is 164 cm³/mol. The van der Waals surface area contributed by atoms with Crippen LogP contribution in [0.25, 0.3) is 27.4 Å². The molecular formula is C33H37FN4O4. The van der Waals surface area contributed by atoms with E-state index in [1.54, 1.807) is 10.8 Å². The van der Waals surface area contributed by atoms with Gasteiger partial charge in [-0.15, -0.1) is 0 Å². The first-order valence-corrected chi connectivity index (χ1v) is 14.9. The van der Waals surface area contributed by atoms with Crippen LogP contribution >= 0.6 is 0 Å². The number of benzene rings is 3. The van der Waals surface area contributed by atoms with Crippen molar-refractivity contribution in [3.05, 3.63) is 70.3 Å². The standard InChI is InChI=1S/C33H37FN4O4/c1-37-15-8-11-23(37)12-14-36-33(41)25-20-38-27-17-21-9-4-5-10-22(21)18-28(27)42-32-29(35-13-6-2-3-7-16-39)26(34)19-24(30(32)38)31(25)40/h4-5,9-10,17-20,23,35,39H,2-3,6-8,11-16H2,1H3,(H,36,41). The van der Waals surface area contributed by atoms with Crippen molar-refractivity contribution in [2.24, 2.45) is 0 Å². The van der Waals surface area contributed by atoms with Crippen LogP contribution in [0.2, 0.25) is 0 Å². The van der Waals surface area contributed by atoms with Crippen molar-refractivity contribution in [3.63, 3.8) is 0 Å². The van der Waals surface area contributed by atoms with E-state index in [9.17, 15) is 9.59 Å².